The molecule has 1 fully saturated rings. The molecular formula is C11H19BO2. The molecule has 1 N–H and O–H groups in total. The number of rotatable bonds is 0. The van der Waals surface area contributed by atoms with Gasteiger partial charge in [-0.15, -0.1) is 0 Å². The lowest BCUT2D eigenvalue weighted by Gasteiger charge is -1.95. The van der Waals surface area contributed by atoms with Crippen LogP contribution in [0.4, 0.5) is 0 Å². The summed E-state index contributed by atoms with van der Waals surface area (Å²) >= 11 is 0. The Morgan fingerprint density at radius 3 is 3.00 bits per heavy atom. The lowest BCUT2D eigenvalue weighted by atomic mass is 9.77. The van der Waals surface area contributed by atoms with Crippen molar-refractivity contribution in [2.75, 3.05) is 6.61 Å². The van der Waals surface area contributed by atoms with E-state index in [-0.39, 0.29) is 1.43 Å². The predicted octanol–water partition coefficient (Wildman–Crippen LogP) is 2.51. The quantitative estimate of drug-likeness (QED) is 0.600. The Morgan fingerprint density at radius 2 is 2.29 bits per heavy atom. The fraction of sp³-hybridized carbons (Fsp3) is 0.455. The summed E-state index contributed by atoms with van der Waals surface area (Å²) in [4.78, 5) is 0. The zero-order valence-corrected chi connectivity index (χ0v) is 8.86. The molecule has 0 bridgehead atoms. The Balaban J connectivity index is 0.000000443. The normalized spacial score (nSPS) is 18.9. The van der Waals surface area contributed by atoms with Crippen molar-refractivity contribution in [2.45, 2.75) is 26.7 Å². The largest absolute Gasteiger partial charge is 0.491 e. The van der Waals surface area contributed by atoms with E-state index in [1.54, 1.807) is 0 Å². The summed E-state index contributed by atoms with van der Waals surface area (Å²) in [5.74, 6) is 0. The van der Waals surface area contributed by atoms with E-state index >= 15 is 0 Å². The van der Waals surface area contributed by atoms with Crippen LogP contribution in [-0.4, -0.2) is 18.7 Å². The minimum absolute atomic E-state index is 0. The van der Waals surface area contributed by atoms with Gasteiger partial charge >= 0.3 is 7.12 Å². The smallest absolute Gasteiger partial charge is 0.423 e. The number of hydrogen-bond acceptors (Lipinski definition) is 2. The summed E-state index contributed by atoms with van der Waals surface area (Å²) in [5, 5.41) is 9.29. The molecule has 1 aliphatic carbocycles. The first-order valence-corrected chi connectivity index (χ1v) is 5.15. The molecule has 0 atom stereocenters. The predicted molar refractivity (Wildman–Crippen MR) is 61.9 cm³/mol. The van der Waals surface area contributed by atoms with Crippen LogP contribution >= 0.6 is 0 Å². The minimum Gasteiger partial charge on any atom is -0.423 e. The van der Waals surface area contributed by atoms with Crippen LogP contribution in [0.3, 0.4) is 0 Å². The molecule has 78 valence electrons. The van der Waals surface area contributed by atoms with Gasteiger partial charge in [0.15, 0.2) is 0 Å². The van der Waals surface area contributed by atoms with E-state index in [1.165, 1.54) is 6.42 Å². The van der Waals surface area contributed by atoms with Gasteiger partial charge in [0.25, 0.3) is 0 Å². The Bertz CT molecular complexity index is 272. The lowest BCUT2D eigenvalue weighted by molar-refractivity contribution is 0.316. The molecule has 0 amide bonds. The maximum absolute atomic E-state index is 9.29. The van der Waals surface area contributed by atoms with E-state index in [0.717, 1.165) is 17.5 Å². The second-order valence-electron chi connectivity index (χ2n) is 3.39. The molecule has 1 aliphatic heterocycles. The van der Waals surface area contributed by atoms with Crippen molar-refractivity contribution >= 4 is 7.12 Å². The molecule has 0 spiro atoms. The average Bonchev–Trinajstić information content (AvgIpc) is 2.41. The molecule has 2 rings (SSSR count). The second kappa shape index (κ2) is 5.84. The van der Waals surface area contributed by atoms with Crippen LogP contribution in [0.2, 0.25) is 0 Å². The monoisotopic (exact) mass is 194 g/mol. The van der Waals surface area contributed by atoms with Crippen molar-refractivity contribution < 1.29 is 11.1 Å². The molecule has 0 unspecified atom stereocenters. The maximum Gasteiger partial charge on any atom is 0.491 e. The van der Waals surface area contributed by atoms with Gasteiger partial charge < -0.3 is 9.68 Å². The zero-order chi connectivity index (χ0) is 10.4. The van der Waals surface area contributed by atoms with Crippen molar-refractivity contribution in [3.8, 4) is 0 Å². The van der Waals surface area contributed by atoms with Crippen LogP contribution in [-0.2, 0) is 4.65 Å². The van der Waals surface area contributed by atoms with Crippen molar-refractivity contribution in [1.29, 1.82) is 0 Å². The molecule has 14 heavy (non-hydrogen) atoms. The van der Waals surface area contributed by atoms with E-state index in [2.05, 4.69) is 19.9 Å². The van der Waals surface area contributed by atoms with E-state index in [4.69, 9.17) is 4.65 Å². The molecule has 2 aliphatic rings. The lowest BCUT2D eigenvalue weighted by Crippen LogP contribution is -2.12. The van der Waals surface area contributed by atoms with Crippen molar-refractivity contribution in [1.82, 2.24) is 0 Å². The minimum atomic E-state index is -0.693. The summed E-state index contributed by atoms with van der Waals surface area (Å²) in [6, 6.07) is 0. The summed E-state index contributed by atoms with van der Waals surface area (Å²) in [6.07, 6.45) is 10.2. The number of fused-ring (bicyclic) bond motifs is 1. The molecular weight excluding hydrogens is 175 g/mol. The first kappa shape index (κ1) is 11.3. The Morgan fingerprint density at radius 1 is 1.57 bits per heavy atom. The van der Waals surface area contributed by atoms with E-state index in [1.807, 2.05) is 18.2 Å². The molecule has 3 heteroatoms. The van der Waals surface area contributed by atoms with Gasteiger partial charge in [-0.1, -0.05) is 44.6 Å². The highest BCUT2D eigenvalue weighted by molar-refractivity contribution is 6.55. The van der Waals surface area contributed by atoms with Crippen LogP contribution < -0.4 is 0 Å². The van der Waals surface area contributed by atoms with Crippen molar-refractivity contribution in [3.63, 3.8) is 0 Å². The Hall–Kier alpha value is -0.795. The summed E-state index contributed by atoms with van der Waals surface area (Å²) in [7, 11) is -0.693. The van der Waals surface area contributed by atoms with Gasteiger partial charge in [-0.25, -0.2) is 0 Å². The first-order chi connectivity index (χ1) is 6.79. The Labute approximate surface area is 87.6 Å². The Kier molecular flexibility index (Phi) is 4.70. The molecule has 0 aromatic heterocycles. The van der Waals surface area contributed by atoms with Gasteiger partial charge in [-0.3, -0.25) is 0 Å². The van der Waals surface area contributed by atoms with Gasteiger partial charge in [0.2, 0.25) is 0 Å². The maximum atomic E-state index is 9.29. The fourth-order valence-corrected chi connectivity index (χ4v) is 1.33. The van der Waals surface area contributed by atoms with Gasteiger partial charge in [0, 0.05) is 1.43 Å². The highest BCUT2D eigenvalue weighted by atomic mass is 16.5. The van der Waals surface area contributed by atoms with E-state index in [0.29, 0.717) is 6.61 Å². The zero-order valence-electron chi connectivity index (χ0n) is 8.86. The molecule has 0 aromatic rings. The molecule has 0 radical (unpaired) electrons. The van der Waals surface area contributed by atoms with Crippen molar-refractivity contribution in [2.24, 2.45) is 0 Å². The molecule has 0 saturated carbocycles. The third kappa shape index (κ3) is 2.86. The van der Waals surface area contributed by atoms with Crippen LogP contribution in [0.15, 0.2) is 35.3 Å². The average molecular weight is 194 g/mol. The van der Waals surface area contributed by atoms with Crippen LogP contribution in [0.25, 0.3) is 0 Å². The first-order valence-electron chi connectivity index (χ1n) is 5.15. The molecule has 0 aromatic carbocycles. The highest BCUT2D eigenvalue weighted by Gasteiger charge is 2.29. The summed E-state index contributed by atoms with van der Waals surface area (Å²) in [6.45, 7) is 4.79. The van der Waals surface area contributed by atoms with Gasteiger partial charge in [0.05, 0.1) is 6.61 Å². The summed E-state index contributed by atoms with van der Waals surface area (Å²) < 4.78 is 5.04. The van der Waals surface area contributed by atoms with E-state index < -0.39 is 7.12 Å². The molecule has 2 nitrogen and oxygen atoms in total. The summed E-state index contributed by atoms with van der Waals surface area (Å²) in [5.41, 5.74) is 2.04. The topological polar surface area (TPSA) is 29.5 Å². The van der Waals surface area contributed by atoms with Gasteiger partial charge in [-0.05, 0) is 17.5 Å². The third-order valence-corrected chi connectivity index (χ3v) is 1.94. The van der Waals surface area contributed by atoms with Crippen LogP contribution in [0, 0.1) is 0 Å². The third-order valence-electron chi connectivity index (χ3n) is 1.94. The van der Waals surface area contributed by atoms with Gasteiger partial charge in [-0.2, -0.15) is 0 Å². The van der Waals surface area contributed by atoms with Crippen LogP contribution in [0.1, 0.15) is 28.1 Å². The van der Waals surface area contributed by atoms with Gasteiger partial charge in [0.1, 0.15) is 0 Å². The van der Waals surface area contributed by atoms with Crippen molar-refractivity contribution in [3.05, 3.63) is 35.3 Å². The molecule has 1 heterocycles. The van der Waals surface area contributed by atoms with E-state index in [9.17, 15) is 5.02 Å². The highest BCUT2D eigenvalue weighted by Crippen LogP contribution is 2.23. The fourth-order valence-electron chi connectivity index (χ4n) is 1.33. The van der Waals surface area contributed by atoms with Crippen LogP contribution in [0.5, 0.6) is 0 Å². The second-order valence-corrected chi connectivity index (χ2v) is 3.39. The number of hydrogen-bond donors (Lipinski definition) is 1. The SMILES string of the molecule is CCC.OB1OCC2=CC=CCC=C12.[HH]. The molecule has 1 saturated heterocycles. The number of allylic oxidation sites excluding steroid dienone is 4. The standard InChI is InChI=1S/C8H9BO2.C3H8.H2/c10-9-8-5-3-1-2-4-7(8)6-11-9;1-3-2;/h1-2,4-5,10H,3,6H2;3H2,1-2H3;1H.